The number of carbonyl (C=O) groups excluding carboxylic acids is 2. The summed E-state index contributed by atoms with van der Waals surface area (Å²) in [6, 6.07) is 10.2. The maximum Gasteiger partial charge on any atom is 0.343 e. The molecule has 29 heavy (non-hydrogen) atoms. The Morgan fingerprint density at radius 3 is 2.45 bits per heavy atom. The van der Waals surface area contributed by atoms with Crippen molar-refractivity contribution in [1.29, 1.82) is 0 Å². The molecule has 0 unspecified atom stereocenters. The standard InChI is InChI=1S/C22H25NO6/c1-15-4-6-18(12-16(15)2)29-22(25)17-5-7-19(20(13-17)26-3)28-14-21(24)23-8-10-27-11-9-23/h4-7,12-13H,8-11,14H2,1-3H3. The van der Waals surface area contributed by atoms with Crippen LogP contribution in [-0.2, 0) is 9.53 Å². The third kappa shape index (κ3) is 5.26. The molecule has 1 amide bonds. The number of methoxy groups -OCH3 is 1. The Morgan fingerprint density at radius 2 is 1.76 bits per heavy atom. The lowest BCUT2D eigenvalue weighted by atomic mass is 10.1. The molecule has 2 aromatic carbocycles. The summed E-state index contributed by atoms with van der Waals surface area (Å²) in [4.78, 5) is 26.4. The average molecular weight is 399 g/mol. The highest BCUT2D eigenvalue weighted by atomic mass is 16.5. The number of ether oxygens (including phenoxy) is 4. The predicted octanol–water partition coefficient (Wildman–Crippen LogP) is 2.77. The van der Waals surface area contributed by atoms with Crippen molar-refractivity contribution >= 4 is 11.9 Å². The number of nitrogens with zero attached hydrogens (tertiary/aromatic N) is 1. The average Bonchev–Trinajstić information content (AvgIpc) is 2.75. The van der Waals surface area contributed by atoms with E-state index in [-0.39, 0.29) is 12.5 Å². The van der Waals surface area contributed by atoms with Crippen LogP contribution in [0.15, 0.2) is 36.4 Å². The SMILES string of the molecule is COc1cc(C(=O)Oc2ccc(C)c(C)c2)ccc1OCC(=O)N1CCOCC1. The van der Waals surface area contributed by atoms with Crippen LogP contribution in [0.1, 0.15) is 21.5 Å². The molecule has 7 heteroatoms. The fourth-order valence-corrected chi connectivity index (χ4v) is 2.90. The maximum atomic E-state index is 12.5. The molecule has 1 aliphatic heterocycles. The second kappa shape index (κ2) is 9.43. The number of esters is 1. The minimum Gasteiger partial charge on any atom is -0.493 e. The minimum absolute atomic E-state index is 0.108. The van der Waals surface area contributed by atoms with Crippen LogP contribution < -0.4 is 14.2 Å². The summed E-state index contributed by atoms with van der Waals surface area (Å²) in [6.45, 7) is 6.03. The zero-order valence-corrected chi connectivity index (χ0v) is 16.9. The monoisotopic (exact) mass is 399 g/mol. The van der Waals surface area contributed by atoms with Gasteiger partial charge in [0.15, 0.2) is 18.1 Å². The Hall–Kier alpha value is -3.06. The summed E-state index contributed by atoms with van der Waals surface area (Å²) in [7, 11) is 1.48. The van der Waals surface area contributed by atoms with E-state index in [0.29, 0.717) is 49.1 Å². The van der Waals surface area contributed by atoms with Crippen molar-refractivity contribution in [3.05, 3.63) is 53.1 Å². The van der Waals surface area contributed by atoms with Crippen molar-refractivity contribution in [3.8, 4) is 17.2 Å². The van der Waals surface area contributed by atoms with Crippen LogP contribution in [0, 0.1) is 13.8 Å². The lowest BCUT2D eigenvalue weighted by molar-refractivity contribution is -0.137. The van der Waals surface area contributed by atoms with Gasteiger partial charge in [-0.1, -0.05) is 6.07 Å². The van der Waals surface area contributed by atoms with Gasteiger partial charge in [-0.05, 0) is 55.3 Å². The molecule has 0 radical (unpaired) electrons. The lowest BCUT2D eigenvalue weighted by Gasteiger charge is -2.26. The van der Waals surface area contributed by atoms with Crippen LogP contribution in [0.4, 0.5) is 0 Å². The van der Waals surface area contributed by atoms with Gasteiger partial charge in [-0.25, -0.2) is 4.79 Å². The number of hydrogen-bond acceptors (Lipinski definition) is 6. The number of benzene rings is 2. The van der Waals surface area contributed by atoms with E-state index >= 15 is 0 Å². The highest BCUT2D eigenvalue weighted by Gasteiger charge is 2.19. The highest BCUT2D eigenvalue weighted by Crippen LogP contribution is 2.29. The lowest BCUT2D eigenvalue weighted by Crippen LogP contribution is -2.43. The van der Waals surface area contributed by atoms with Crippen LogP contribution in [0.2, 0.25) is 0 Å². The minimum atomic E-state index is -0.498. The van der Waals surface area contributed by atoms with Gasteiger partial charge in [-0.3, -0.25) is 4.79 Å². The predicted molar refractivity (Wildman–Crippen MR) is 107 cm³/mol. The summed E-state index contributed by atoms with van der Waals surface area (Å²) in [5.74, 6) is 0.607. The van der Waals surface area contributed by atoms with E-state index in [1.165, 1.54) is 13.2 Å². The van der Waals surface area contributed by atoms with Crippen molar-refractivity contribution in [1.82, 2.24) is 4.90 Å². The number of hydrogen-bond donors (Lipinski definition) is 0. The van der Waals surface area contributed by atoms with E-state index in [1.807, 2.05) is 26.0 Å². The smallest absolute Gasteiger partial charge is 0.343 e. The Labute approximate surface area is 170 Å². The third-order valence-corrected chi connectivity index (χ3v) is 4.80. The Bertz CT molecular complexity index is 889. The summed E-state index contributed by atoms with van der Waals surface area (Å²) in [6.07, 6.45) is 0. The van der Waals surface area contributed by atoms with E-state index in [1.54, 1.807) is 23.1 Å². The van der Waals surface area contributed by atoms with Crippen LogP contribution in [-0.4, -0.2) is 56.8 Å². The molecule has 1 aliphatic rings. The molecule has 0 atom stereocenters. The molecule has 154 valence electrons. The molecular weight excluding hydrogens is 374 g/mol. The van der Waals surface area contributed by atoms with Crippen LogP contribution in [0.5, 0.6) is 17.2 Å². The zero-order chi connectivity index (χ0) is 20.8. The number of amides is 1. The molecule has 1 fully saturated rings. The van der Waals surface area contributed by atoms with Gasteiger partial charge in [0, 0.05) is 13.1 Å². The molecule has 0 saturated carbocycles. The molecule has 0 aromatic heterocycles. The van der Waals surface area contributed by atoms with E-state index in [2.05, 4.69) is 0 Å². The quantitative estimate of drug-likeness (QED) is 0.549. The molecule has 3 rings (SSSR count). The van der Waals surface area contributed by atoms with Gasteiger partial charge >= 0.3 is 5.97 Å². The van der Waals surface area contributed by atoms with E-state index in [0.717, 1.165) is 11.1 Å². The highest BCUT2D eigenvalue weighted by molar-refractivity contribution is 5.92. The van der Waals surface area contributed by atoms with E-state index in [4.69, 9.17) is 18.9 Å². The van der Waals surface area contributed by atoms with Crippen molar-refractivity contribution in [2.24, 2.45) is 0 Å². The first-order valence-electron chi connectivity index (χ1n) is 9.43. The van der Waals surface area contributed by atoms with Crippen molar-refractivity contribution < 1.29 is 28.5 Å². The molecule has 0 N–H and O–H groups in total. The number of rotatable bonds is 6. The summed E-state index contributed by atoms with van der Waals surface area (Å²) in [5.41, 5.74) is 2.49. The molecule has 0 spiro atoms. The summed E-state index contributed by atoms with van der Waals surface area (Å²) in [5, 5.41) is 0. The van der Waals surface area contributed by atoms with Crippen LogP contribution >= 0.6 is 0 Å². The third-order valence-electron chi connectivity index (χ3n) is 4.80. The second-order valence-electron chi connectivity index (χ2n) is 6.78. The van der Waals surface area contributed by atoms with Crippen molar-refractivity contribution in [3.63, 3.8) is 0 Å². The zero-order valence-electron chi connectivity index (χ0n) is 16.9. The van der Waals surface area contributed by atoms with E-state index in [9.17, 15) is 9.59 Å². The van der Waals surface area contributed by atoms with Crippen LogP contribution in [0.3, 0.4) is 0 Å². The Morgan fingerprint density at radius 1 is 1.00 bits per heavy atom. The fourth-order valence-electron chi connectivity index (χ4n) is 2.90. The normalized spacial score (nSPS) is 13.7. The van der Waals surface area contributed by atoms with Gasteiger partial charge in [0.2, 0.25) is 0 Å². The second-order valence-corrected chi connectivity index (χ2v) is 6.78. The van der Waals surface area contributed by atoms with Gasteiger partial charge in [0.1, 0.15) is 5.75 Å². The molecule has 0 aliphatic carbocycles. The molecule has 1 saturated heterocycles. The van der Waals surface area contributed by atoms with Gasteiger partial charge in [0.25, 0.3) is 5.91 Å². The molecule has 2 aromatic rings. The Balaban J connectivity index is 1.65. The van der Waals surface area contributed by atoms with Gasteiger partial charge in [-0.15, -0.1) is 0 Å². The largest absolute Gasteiger partial charge is 0.493 e. The number of carbonyl (C=O) groups is 2. The fraction of sp³-hybridized carbons (Fsp3) is 0.364. The van der Waals surface area contributed by atoms with Crippen molar-refractivity contribution in [2.75, 3.05) is 40.0 Å². The molecule has 1 heterocycles. The topological polar surface area (TPSA) is 74.3 Å². The van der Waals surface area contributed by atoms with E-state index < -0.39 is 5.97 Å². The Kier molecular flexibility index (Phi) is 6.72. The molecule has 0 bridgehead atoms. The van der Waals surface area contributed by atoms with Crippen molar-refractivity contribution in [2.45, 2.75) is 13.8 Å². The number of morpholine rings is 1. The van der Waals surface area contributed by atoms with Gasteiger partial charge < -0.3 is 23.8 Å². The first kappa shape index (κ1) is 20.7. The summed E-state index contributed by atoms with van der Waals surface area (Å²) < 4.78 is 21.6. The summed E-state index contributed by atoms with van der Waals surface area (Å²) >= 11 is 0. The molecular formula is C22H25NO6. The maximum absolute atomic E-state index is 12.5. The molecule has 7 nitrogen and oxygen atoms in total. The van der Waals surface area contributed by atoms with Crippen LogP contribution in [0.25, 0.3) is 0 Å². The first-order valence-corrected chi connectivity index (χ1v) is 9.43. The first-order chi connectivity index (χ1) is 14.0. The number of aryl methyl sites for hydroxylation is 2. The van der Waals surface area contributed by atoms with Gasteiger partial charge in [0.05, 0.1) is 25.9 Å². The van der Waals surface area contributed by atoms with Gasteiger partial charge in [-0.2, -0.15) is 0 Å².